The Kier molecular flexibility index (Phi) is 7.97. The van der Waals surface area contributed by atoms with Crippen molar-refractivity contribution in [2.75, 3.05) is 5.32 Å². The molecule has 1 aromatic heterocycles. The summed E-state index contributed by atoms with van der Waals surface area (Å²) in [5.74, 6) is 0.118. The van der Waals surface area contributed by atoms with E-state index in [4.69, 9.17) is 9.47 Å². The summed E-state index contributed by atoms with van der Waals surface area (Å²) in [6, 6.07) is 7.70. The van der Waals surface area contributed by atoms with Crippen LogP contribution in [0.3, 0.4) is 0 Å². The van der Waals surface area contributed by atoms with E-state index in [1.807, 2.05) is 30.3 Å². The number of nitrogens with zero attached hydrogens (tertiary/aromatic N) is 3. The third-order valence-corrected chi connectivity index (χ3v) is 5.93. The zero-order valence-corrected chi connectivity index (χ0v) is 20.2. The van der Waals surface area contributed by atoms with E-state index in [0.29, 0.717) is 24.4 Å². The van der Waals surface area contributed by atoms with Gasteiger partial charge in [0.15, 0.2) is 11.9 Å². The highest BCUT2D eigenvalue weighted by Gasteiger charge is 2.32. The number of aryl methyl sites for hydroxylation is 1. The summed E-state index contributed by atoms with van der Waals surface area (Å²) in [4.78, 5) is 26.1. The third kappa shape index (κ3) is 6.47. The van der Waals surface area contributed by atoms with Crippen molar-refractivity contribution in [1.82, 2.24) is 14.8 Å². The van der Waals surface area contributed by atoms with Crippen molar-refractivity contribution in [2.24, 2.45) is 0 Å². The number of anilines is 1. The maximum absolute atomic E-state index is 13.0. The molecule has 0 saturated carbocycles. The minimum Gasteiger partial charge on any atom is -0.490 e. The minimum atomic E-state index is -0.710. The molecule has 8 nitrogen and oxygen atoms in total. The van der Waals surface area contributed by atoms with Crippen LogP contribution in [0, 0.1) is 0 Å². The molecule has 1 N–H and O–H groups in total. The SMILES string of the molecule is C=CCC(Sc1nnc(C2CC=CO2)n1C(=O)OC(C)(C)C)C(=O)Nc1ccc(CC)cc1. The molecule has 0 fully saturated rings. The molecule has 1 amide bonds. The van der Waals surface area contributed by atoms with E-state index in [0.717, 1.165) is 18.2 Å². The van der Waals surface area contributed by atoms with Crippen LogP contribution in [0.1, 0.15) is 58.0 Å². The van der Waals surface area contributed by atoms with E-state index < -0.39 is 23.0 Å². The first-order valence-corrected chi connectivity index (χ1v) is 11.8. The van der Waals surface area contributed by atoms with Crippen LogP contribution >= 0.6 is 11.8 Å². The fourth-order valence-electron chi connectivity index (χ4n) is 3.13. The van der Waals surface area contributed by atoms with Gasteiger partial charge in [-0.2, -0.15) is 0 Å². The highest BCUT2D eigenvalue weighted by molar-refractivity contribution is 8.00. The fraction of sp³-hybridized carbons (Fsp3) is 0.417. The molecule has 1 aromatic carbocycles. The van der Waals surface area contributed by atoms with Gasteiger partial charge in [-0.25, -0.2) is 9.36 Å². The molecule has 1 aliphatic rings. The molecule has 2 atom stereocenters. The van der Waals surface area contributed by atoms with Crippen LogP contribution in [0.25, 0.3) is 0 Å². The molecule has 2 unspecified atom stereocenters. The van der Waals surface area contributed by atoms with Crippen LogP contribution < -0.4 is 5.32 Å². The molecule has 176 valence electrons. The number of nitrogens with one attached hydrogen (secondary N) is 1. The summed E-state index contributed by atoms with van der Waals surface area (Å²) < 4.78 is 12.4. The predicted molar refractivity (Wildman–Crippen MR) is 128 cm³/mol. The molecule has 0 saturated heterocycles. The minimum absolute atomic E-state index is 0.219. The second-order valence-corrected chi connectivity index (χ2v) is 9.73. The average Bonchev–Trinajstić information content (AvgIpc) is 3.42. The molecule has 2 heterocycles. The highest BCUT2D eigenvalue weighted by atomic mass is 32.2. The Morgan fingerprint density at radius 3 is 2.64 bits per heavy atom. The first-order valence-electron chi connectivity index (χ1n) is 10.9. The number of amides is 1. The third-order valence-electron chi connectivity index (χ3n) is 4.76. The Morgan fingerprint density at radius 2 is 2.06 bits per heavy atom. The van der Waals surface area contributed by atoms with Gasteiger partial charge >= 0.3 is 6.09 Å². The number of carbonyl (C=O) groups is 2. The molecule has 9 heteroatoms. The van der Waals surface area contributed by atoms with E-state index >= 15 is 0 Å². The number of benzene rings is 1. The van der Waals surface area contributed by atoms with Gasteiger partial charge in [0.2, 0.25) is 11.1 Å². The lowest BCUT2D eigenvalue weighted by Gasteiger charge is -2.22. The van der Waals surface area contributed by atoms with E-state index in [1.54, 1.807) is 33.1 Å². The number of aromatic nitrogens is 3. The van der Waals surface area contributed by atoms with Crippen molar-refractivity contribution >= 4 is 29.4 Å². The smallest absolute Gasteiger partial charge is 0.422 e. The van der Waals surface area contributed by atoms with Crippen LogP contribution in [0.4, 0.5) is 10.5 Å². The van der Waals surface area contributed by atoms with Crippen molar-refractivity contribution in [2.45, 2.75) is 69.1 Å². The van der Waals surface area contributed by atoms with E-state index in [-0.39, 0.29) is 11.1 Å². The van der Waals surface area contributed by atoms with Crippen molar-refractivity contribution in [3.63, 3.8) is 0 Å². The molecular formula is C24H30N4O4S. The highest BCUT2D eigenvalue weighted by Crippen LogP contribution is 2.32. The molecule has 0 radical (unpaired) electrons. The van der Waals surface area contributed by atoms with E-state index in [2.05, 4.69) is 29.0 Å². The lowest BCUT2D eigenvalue weighted by atomic mass is 10.1. The van der Waals surface area contributed by atoms with Crippen LogP contribution in [0.5, 0.6) is 0 Å². The Bertz CT molecular complexity index is 1020. The second kappa shape index (κ2) is 10.7. The van der Waals surface area contributed by atoms with Gasteiger partial charge in [0.05, 0.1) is 11.5 Å². The van der Waals surface area contributed by atoms with Gasteiger partial charge in [0, 0.05) is 12.1 Å². The van der Waals surface area contributed by atoms with E-state index in [1.165, 1.54) is 10.1 Å². The maximum Gasteiger partial charge on any atom is 0.422 e. The van der Waals surface area contributed by atoms with Crippen molar-refractivity contribution < 1.29 is 19.1 Å². The van der Waals surface area contributed by atoms with Crippen molar-refractivity contribution in [3.05, 3.63) is 60.6 Å². The van der Waals surface area contributed by atoms with Crippen LogP contribution in [0.15, 0.2) is 54.4 Å². The molecule has 0 bridgehead atoms. The first kappa shape index (κ1) is 24.6. The van der Waals surface area contributed by atoms with Crippen LogP contribution in [-0.2, 0) is 20.7 Å². The maximum atomic E-state index is 13.0. The number of allylic oxidation sites excluding steroid dienone is 1. The average molecular weight is 471 g/mol. The molecule has 0 aliphatic carbocycles. The predicted octanol–water partition coefficient (Wildman–Crippen LogP) is 5.27. The zero-order valence-electron chi connectivity index (χ0n) is 19.4. The Labute approximate surface area is 198 Å². The van der Waals surface area contributed by atoms with Gasteiger partial charge in [-0.05, 0) is 57.4 Å². The quantitative estimate of drug-likeness (QED) is 0.414. The molecule has 2 aromatic rings. The number of ether oxygens (including phenoxy) is 2. The molecular weight excluding hydrogens is 440 g/mol. The summed E-state index contributed by atoms with van der Waals surface area (Å²) in [5, 5.41) is 11.0. The summed E-state index contributed by atoms with van der Waals surface area (Å²) >= 11 is 1.14. The standard InChI is InChI=1S/C24H30N4O4S/c1-6-9-19(21(29)25-17-13-11-16(7-2)12-14-17)33-22-27-26-20(18-10-8-15-31-18)28(22)23(30)32-24(3,4)5/h6,8,11-15,18-19H,1,7,9-10H2,2-5H3,(H,25,29). The number of hydrogen-bond acceptors (Lipinski definition) is 7. The largest absolute Gasteiger partial charge is 0.490 e. The Morgan fingerprint density at radius 1 is 1.33 bits per heavy atom. The van der Waals surface area contributed by atoms with Crippen LogP contribution in [0.2, 0.25) is 0 Å². The number of thioether (sulfide) groups is 1. The van der Waals surface area contributed by atoms with Crippen LogP contribution in [-0.4, -0.2) is 37.6 Å². The number of hydrogen-bond donors (Lipinski definition) is 1. The normalized spacial score (nSPS) is 16.2. The molecule has 1 aliphatic heterocycles. The summed E-state index contributed by atoms with van der Waals surface area (Å²) in [5.41, 5.74) is 1.18. The Balaban J connectivity index is 1.85. The van der Waals surface area contributed by atoms with Gasteiger partial charge in [0.1, 0.15) is 5.60 Å². The molecule has 33 heavy (non-hydrogen) atoms. The second-order valence-electron chi connectivity index (χ2n) is 8.56. The van der Waals surface area contributed by atoms with Gasteiger partial charge in [-0.15, -0.1) is 16.8 Å². The fourth-order valence-corrected chi connectivity index (χ4v) is 4.14. The Hall–Kier alpha value is -3.07. The number of rotatable bonds is 8. The van der Waals surface area contributed by atoms with Gasteiger partial charge in [0.25, 0.3) is 0 Å². The van der Waals surface area contributed by atoms with Gasteiger partial charge in [-0.3, -0.25) is 4.79 Å². The summed E-state index contributed by atoms with van der Waals surface area (Å²) in [7, 11) is 0. The first-order chi connectivity index (χ1) is 15.7. The van der Waals surface area contributed by atoms with Gasteiger partial charge < -0.3 is 14.8 Å². The lowest BCUT2D eigenvalue weighted by Crippen LogP contribution is -2.30. The van der Waals surface area contributed by atoms with Crippen molar-refractivity contribution in [1.29, 1.82) is 0 Å². The molecule has 3 rings (SSSR count). The molecule has 0 spiro atoms. The summed E-state index contributed by atoms with van der Waals surface area (Å²) in [6.45, 7) is 11.2. The lowest BCUT2D eigenvalue weighted by molar-refractivity contribution is -0.115. The number of carbonyl (C=O) groups excluding carboxylic acids is 2. The summed E-state index contributed by atoms with van der Waals surface area (Å²) in [6.07, 6.45) is 5.89. The van der Waals surface area contributed by atoms with Crippen molar-refractivity contribution in [3.8, 4) is 0 Å². The van der Waals surface area contributed by atoms with E-state index in [9.17, 15) is 9.59 Å². The zero-order chi connectivity index (χ0) is 24.0. The monoisotopic (exact) mass is 470 g/mol. The topological polar surface area (TPSA) is 95.3 Å². The van der Waals surface area contributed by atoms with Gasteiger partial charge in [-0.1, -0.05) is 36.9 Å².